The molecule has 0 bridgehead atoms. The lowest BCUT2D eigenvalue weighted by Gasteiger charge is -2.03. The molecule has 0 rings (SSSR count). The van der Waals surface area contributed by atoms with Crippen molar-refractivity contribution >= 4 is 17.9 Å². The lowest BCUT2D eigenvalue weighted by atomic mass is 10.0. The maximum Gasteiger partial charge on any atom is 0.414 e. The minimum atomic E-state index is -1.82. The van der Waals surface area contributed by atoms with E-state index in [1.165, 1.54) is 83.5 Å². The van der Waals surface area contributed by atoms with Gasteiger partial charge in [0.05, 0.1) is 0 Å². The second-order valence-electron chi connectivity index (χ2n) is 6.70. The van der Waals surface area contributed by atoms with Crippen LogP contribution in [0.4, 0.5) is 0 Å². The van der Waals surface area contributed by atoms with Gasteiger partial charge in [-0.15, -0.1) is 0 Å². The zero-order valence-electron chi connectivity index (χ0n) is 16.4. The molecule has 0 heterocycles. The lowest BCUT2D eigenvalue weighted by molar-refractivity contribution is -0.159. The summed E-state index contributed by atoms with van der Waals surface area (Å²) in [4.78, 5) is 28.5. The number of aliphatic carboxylic acids is 3. The highest BCUT2D eigenvalue weighted by Gasteiger charge is 2.04. The Bertz CT molecular complexity index is 342. The Morgan fingerprint density at radius 2 is 0.769 bits per heavy atom. The van der Waals surface area contributed by atoms with E-state index in [-0.39, 0.29) is 0 Å². The molecule has 0 aromatic heterocycles. The highest BCUT2D eigenvalue weighted by atomic mass is 16.4. The normalized spacial score (nSPS) is 10.0. The fourth-order valence-corrected chi connectivity index (χ4v) is 2.65. The number of unbranched alkanes of at least 4 members (excludes halogenated alkanes) is 14. The van der Waals surface area contributed by atoms with Crippen molar-refractivity contribution in [2.75, 3.05) is 0 Å². The smallest absolute Gasteiger partial charge is 0.414 e. The molecule has 6 heteroatoms. The van der Waals surface area contributed by atoms with Crippen molar-refractivity contribution in [3.63, 3.8) is 0 Å². The molecule has 0 unspecified atom stereocenters. The summed E-state index contributed by atoms with van der Waals surface area (Å²) < 4.78 is 0. The molecule has 154 valence electrons. The summed E-state index contributed by atoms with van der Waals surface area (Å²) >= 11 is 0. The van der Waals surface area contributed by atoms with Crippen molar-refractivity contribution < 1.29 is 29.7 Å². The molecule has 0 fully saturated rings. The van der Waals surface area contributed by atoms with Gasteiger partial charge in [0.2, 0.25) is 0 Å². The van der Waals surface area contributed by atoms with Gasteiger partial charge in [-0.1, -0.05) is 96.8 Å². The molecule has 0 aliphatic carbocycles. The summed E-state index contributed by atoms with van der Waals surface area (Å²) in [6.45, 7) is 2.27. The third-order valence-corrected chi connectivity index (χ3v) is 4.18. The van der Waals surface area contributed by atoms with Gasteiger partial charge < -0.3 is 15.3 Å². The third-order valence-electron chi connectivity index (χ3n) is 4.18. The standard InChI is InChI=1S/C18H36O2.C2H2O4/c1-2-3-4-5-6-7-8-9-10-11-12-13-14-15-16-17-18(19)20;3-1(4)2(5)6/h2-17H2,1H3,(H,19,20);(H,3,4)(H,5,6). The van der Waals surface area contributed by atoms with Crippen LogP contribution in [0.25, 0.3) is 0 Å². The van der Waals surface area contributed by atoms with E-state index in [4.69, 9.17) is 24.9 Å². The van der Waals surface area contributed by atoms with Gasteiger partial charge in [-0.2, -0.15) is 0 Å². The van der Waals surface area contributed by atoms with E-state index in [2.05, 4.69) is 6.92 Å². The number of carboxylic acids is 3. The van der Waals surface area contributed by atoms with Gasteiger partial charge in [0.15, 0.2) is 0 Å². The van der Waals surface area contributed by atoms with Crippen molar-refractivity contribution in [2.24, 2.45) is 0 Å². The number of carbonyl (C=O) groups is 3. The SMILES string of the molecule is CCCCCCCCCCCCCCCCCC(=O)O.O=C(O)C(=O)O. The zero-order chi connectivity index (χ0) is 20.0. The van der Waals surface area contributed by atoms with Crippen molar-refractivity contribution in [1.29, 1.82) is 0 Å². The molecule has 0 amide bonds. The van der Waals surface area contributed by atoms with Gasteiger partial charge in [-0.25, -0.2) is 9.59 Å². The highest BCUT2D eigenvalue weighted by Crippen LogP contribution is 2.13. The van der Waals surface area contributed by atoms with Crippen LogP contribution in [0.5, 0.6) is 0 Å². The molecule has 3 N–H and O–H groups in total. The molecule has 0 aliphatic heterocycles. The van der Waals surface area contributed by atoms with Crippen molar-refractivity contribution in [3.8, 4) is 0 Å². The molecule has 0 aromatic carbocycles. The Morgan fingerprint density at radius 3 is 1.00 bits per heavy atom. The molecule has 0 aromatic rings. The van der Waals surface area contributed by atoms with E-state index in [0.717, 1.165) is 12.8 Å². The van der Waals surface area contributed by atoms with Crippen LogP contribution < -0.4 is 0 Å². The van der Waals surface area contributed by atoms with Crippen LogP contribution in [-0.4, -0.2) is 33.2 Å². The second kappa shape index (κ2) is 21.5. The highest BCUT2D eigenvalue weighted by molar-refractivity contribution is 6.27. The monoisotopic (exact) mass is 374 g/mol. The van der Waals surface area contributed by atoms with Crippen LogP contribution in [0.15, 0.2) is 0 Å². The van der Waals surface area contributed by atoms with Gasteiger partial charge in [0.1, 0.15) is 0 Å². The van der Waals surface area contributed by atoms with E-state index in [1.807, 2.05) is 0 Å². The summed E-state index contributed by atoms with van der Waals surface area (Å²) in [5.41, 5.74) is 0. The van der Waals surface area contributed by atoms with Crippen LogP contribution in [0.3, 0.4) is 0 Å². The second-order valence-corrected chi connectivity index (χ2v) is 6.70. The average Bonchev–Trinajstić information content (AvgIpc) is 2.58. The molecular formula is C20H38O6. The van der Waals surface area contributed by atoms with Crippen molar-refractivity contribution in [1.82, 2.24) is 0 Å². The first-order valence-electron chi connectivity index (χ1n) is 10.1. The Balaban J connectivity index is 0. The largest absolute Gasteiger partial charge is 0.481 e. The fourth-order valence-electron chi connectivity index (χ4n) is 2.65. The van der Waals surface area contributed by atoms with Crippen molar-refractivity contribution in [3.05, 3.63) is 0 Å². The summed E-state index contributed by atoms with van der Waals surface area (Å²) in [5.74, 6) is -4.30. The maximum atomic E-state index is 10.3. The Kier molecular flexibility index (Phi) is 22.0. The number of hydrogen-bond acceptors (Lipinski definition) is 3. The van der Waals surface area contributed by atoms with Gasteiger partial charge >= 0.3 is 17.9 Å². The molecule has 0 spiro atoms. The van der Waals surface area contributed by atoms with E-state index in [1.54, 1.807) is 0 Å². The molecule has 6 nitrogen and oxygen atoms in total. The summed E-state index contributed by atoms with van der Waals surface area (Å²) in [6.07, 6.45) is 20.2. The van der Waals surface area contributed by atoms with E-state index in [9.17, 15) is 4.79 Å². The maximum absolute atomic E-state index is 10.3. The van der Waals surface area contributed by atoms with Gasteiger partial charge in [-0.05, 0) is 6.42 Å². The minimum Gasteiger partial charge on any atom is -0.481 e. The van der Waals surface area contributed by atoms with Gasteiger partial charge in [0.25, 0.3) is 0 Å². The van der Waals surface area contributed by atoms with Crippen LogP contribution in [-0.2, 0) is 14.4 Å². The fraction of sp³-hybridized carbons (Fsp3) is 0.850. The Labute approximate surface area is 158 Å². The van der Waals surface area contributed by atoms with Crippen molar-refractivity contribution in [2.45, 2.75) is 110 Å². The summed E-state index contributed by atoms with van der Waals surface area (Å²) in [5, 5.41) is 23.3. The summed E-state index contributed by atoms with van der Waals surface area (Å²) in [6, 6.07) is 0. The van der Waals surface area contributed by atoms with Gasteiger partial charge in [-0.3, -0.25) is 4.79 Å². The van der Waals surface area contributed by atoms with Gasteiger partial charge in [0, 0.05) is 6.42 Å². The average molecular weight is 375 g/mol. The molecule has 0 saturated carbocycles. The van der Waals surface area contributed by atoms with Crippen LogP contribution in [0.2, 0.25) is 0 Å². The Hall–Kier alpha value is -1.59. The number of hydrogen-bond donors (Lipinski definition) is 3. The summed E-state index contributed by atoms with van der Waals surface area (Å²) in [7, 11) is 0. The number of rotatable bonds is 16. The van der Waals surface area contributed by atoms with Crippen LogP contribution >= 0.6 is 0 Å². The van der Waals surface area contributed by atoms with E-state index < -0.39 is 17.9 Å². The molecular weight excluding hydrogens is 336 g/mol. The first-order chi connectivity index (χ1) is 12.4. The van der Waals surface area contributed by atoms with Crippen LogP contribution in [0.1, 0.15) is 110 Å². The lowest BCUT2D eigenvalue weighted by Crippen LogP contribution is -2.09. The first kappa shape index (κ1) is 26.6. The zero-order valence-corrected chi connectivity index (χ0v) is 16.4. The topological polar surface area (TPSA) is 112 Å². The van der Waals surface area contributed by atoms with Crippen LogP contribution in [0, 0.1) is 0 Å². The number of carboxylic acid groups (broad SMARTS) is 3. The first-order valence-corrected chi connectivity index (χ1v) is 10.1. The minimum absolute atomic E-state index is 0.345. The molecule has 0 aliphatic rings. The molecule has 0 radical (unpaired) electrons. The van der Waals surface area contributed by atoms with E-state index >= 15 is 0 Å². The predicted molar refractivity (Wildman–Crippen MR) is 102 cm³/mol. The molecule has 26 heavy (non-hydrogen) atoms. The molecule has 0 saturated heterocycles. The molecule has 0 atom stereocenters. The third kappa shape index (κ3) is 27.3. The quantitative estimate of drug-likeness (QED) is 0.243. The Morgan fingerprint density at radius 1 is 0.500 bits per heavy atom. The predicted octanol–water partition coefficient (Wildman–Crippen LogP) is 5.49. The van der Waals surface area contributed by atoms with E-state index in [0.29, 0.717) is 6.42 Å².